The molecule has 2 aliphatic rings. The van der Waals surface area contributed by atoms with Crippen LogP contribution in [0.4, 0.5) is 11.5 Å². The highest BCUT2D eigenvalue weighted by Crippen LogP contribution is 2.28. The average molecular weight is 408 g/mol. The van der Waals surface area contributed by atoms with E-state index in [0.29, 0.717) is 5.78 Å². The summed E-state index contributed by atoms with van der Waals surface area (Å²) in [5.74, 6) is 3.61. The first-order chi connectivity index (χ1) is 14.7. The van der Waals surface area contributed by atoms with Crippen LogP contribution in [0.15, 0.2) is 30.3 Å². The largest absolute Gasteiger partial charge is 0.495 e. The molecule has 3 aromatic rings. The van der Waals surface area contributed by atoms with Gasteiger partial charge in [0, 0.05) is 51.0 Å². The molecule has 30 heavy (non-hydrogen) atoms. The second kappa shape index (κ2) is 8.10. The minimum atomic E-state index is 0.708. The van der Waals surface area contributed by atoms with E-state index in [-0.39, 0.29) is 0 Å². The van der Waals surface area contributed by atoms with Gasteiger partial charge < -0.3 is 14.5 Å². The number of methoxy groups -OCH3 is 1. The van der Waals surface area contributed by atoms with Crippen molar-refractivity contribution in [1.82, 2.24) is 24.5 Å². The fraction of sp³-hybridized carbons (Fsp3) is 0.500. The molecule has 0 N–H and O–H groups in total. The lowest BCUT2D eigenvalue weighted by Crippen LogP contribution is -2.46. The topological polar surface area (TPSA) is 62.0 Å². The van der Waals surface area contributed by atoms with Gasteiger partial charge in [0.15, 0.2) is 5.82 Å². The van der Waals surface area contributed by atoms with Crippen molar-refractivity contribution in [2.24, 2.45) is 0 Å². The number of anilines is 2. The Morgan fingerprint density at radius 2 is 1.70 bits per heavy atom. The number of rotatable bonds is 5. The van der Waals surface area contributed by atoms with Crippen molar-refractivity contribution in [2.75, 3.05) is 56.2 Å². The van der Waals surface area contributed by atoms with Gasteiger partial charge in [-0.15, -0.1) is 5.10 Å². The third-order valence-corrected chi connectivity index (χ3v) is 6.06. The number of aryl methyl sites for hydroxylation is 1. The molecule has 2 aromatic heterocycles. The third kappa shape index (κ3) is 3.67. The number of piperazine rings is 1. The molecule has 0 saturated carbocycles. The Labute approximate surface area is 177 Å². The number of para-hydroxylation sites is 2. The summed E-state index contributed by atoms with van der Waals surface area (Å²) >= 11 is 0. The van der Waals surface area contributed by atoms with E-state index in [9.17, 15) is 0 Å². The Morgan fingerprint density at radius 1 is 0.933 bits per heavy atom. The van der Waals surface area contributed by atoms with Crippen molar-refractivity contribution in [3.05, 3.63) is 41.9 Å². The molecule has 5 rings (SSSR count). The van der Waals surface area contributed by atoms with Crippen molar-refractivity contribution < 1.29 is 4.74 Å². The maximum absolute atomic E-state index is 5.53. The molecule has 0 amide bonds. The van der Waals surface area contributed by atoms with E-state index >= 15 is 0 Å². The van der Waals surface area contributed by atoms with Gasteiger partial charge in [0.2, 0.25) is 0 Å². The number of nitrogens with zero attached hydrogens (tertiary/aromatic N) is 7. The summed E-state index contributed by atoms with van der Waals surface area (Å²) in [6.45, 7) is 8.82. The van der Waals surface area contributed by atoms with Gasteiger partial charge in [-0.05, 0) is 31.9 Å². The summed E-state index contributed by atoms with van der Waals surface area (Å²) in [6.07, 6.45) is 2.47. The van der Waals surface area contributed by atoms with Crippen molar-refractivity contribution in [2.45, 2.75) is 26.3 Å². The van der Waals surface area contributed by atoms with E-state index in [1.807, 2.05) is 23.6 Å². The first kappa shape index (κ1) is 19.1. The van der Waals surface area contributed by atoms with Crippen LogP contribution in [0.3, 0.4) is 0 Å². The van der Waals surface area contributed by atoms with Crippen LogP contribution in [-0.2, 0) is 6.54 Å². The average Bonchev–Trinajstić information content (AvgIpc) is 3.43. The summed E-state index contributed by atoms with van der Waals surface area (Å²) in [4.78, 5) is 16.6. The molecule has 0 atom stereocenters. The van der Waals surface area contributed by atoms with Crippen LogP contribution in [0, 0.1) is 6.92 Å². The lowest BCUT2D eigenvalue weighted by atomic mass is 10.2. The highest BCUT2D eigenvalue weighted by Gasteiger charge is 2.22. The van der Waals surface area contributed by atoms with Crippen LogP contribution in [-0.4, -0.2) is 70.9 Å². The Balaban J connectivity index is 1.29. The van der Waals surface area contributed by atoms with Crippen molar-refractivity contribution in [3.8, 4) is 5.75 Å². The van der Waals surface area contributed by atoms with E-state index in [1.54, 1.807) is 7.11 Å². The van der Waals surface area contributed by atoms with Gasteiger partial charge in [0.1, 0.15) is 11.6 Å². The highest BCUT2D eigenvalue weighted by molar-refractivity contribution is 5.58. The lowest BCUT2D eigenvalue weighted by Gasteiger charge is -2.36. The smallest absolute Gasteiger partial charge is 0.254 e. The van der Waals surface area contributed by atoms with Gasteiger partial charge in [-0.25, -0.2) is 4.98 Å². The molecule has 1 aromatic carbocycles. The van der Waals surface area contributed by atoms with Crippen LogP contribution in [0.2, 0.25) is 0 Å². The second-order valence-electron chi connectivity index (χ2n) is 8.12. The quantitative estimate of drug-likeness (QED) is 0.643. The predicted octanol–water partition coefficient (Wildman–Crippen LogP) is 2.36. The molecule has 0 bridgehead atoms. The highest BCUT2D eigenvalue weighted by atomic mass is 16.5. The zero-order valence-corrected chi connectivity index (χ0v) is 17.8. The molecule has 2 aliphatic heterocycles. The SMILES string of the molecule is COc1ccccc1N1CCN(Cc2nc3nc(C)cc(N4CCCC4)n3n2)CC1. The summed E-state index contributed by atoms with van der Waals surface area (Å²) in [5.41, 5.74) is 2.16. The van der Waals surface area contributed by atoms with Gasteiger partial charge in [-0.2, -0.15) is 9.50 Å². The third-order valence-electron chi connectivity index (χ3n) is 6.06. The van der Waals surface area contributed by atoms with Crippen LogP contribution in [0.25, 0.3) is 5.78 Å². The van der Waals surface area contributed by atoms with Gasteiger partial charge in [0.25, 0.3) is 5.78 Å². The lowest BCUT2D eigenvalue weighted by molar-refractivity contribution is 0.243. The maximum atomic E-state index is 5.53. The zero-order valence-electron chi connectivity index (χ0n) is 17.8. The number of aromatic nitrogens is 4. The zero-order chi connectivity index (χ0) is 20.5. The Bertz CT molecular complexity index is 1020. The minimum Gasteiger partial charge on any atom is -0.495 e. The van der Waals surface area contributed by atoms with E-state index in [1.165, 1.54) is 18.5 Å². The van der Waals surface area contributed by atoms with Gasteiger partial charge in [-0.3, -0.25) is 4.90 Å². The van der Waals surface area contributed by atoms with E-state index in [4.69, 9.17) is 14.8 Å². The Hall–Kier alpha value is -2.87. The molecule has 158 valence electrons. The molecule has 8 nitrogen and oxygen atoms in total. The number of fused-ring (bicyclic) bond motifs is 1. The molecule has 0 aliphatic carbocycles. The van der Waals surface area contributed by atoms with Crippen LogP contribution < -0.4 is 14.5 Å². The van der Waals surface area contributed by atoms with E-state index in [0.717, 1.165) is 68.9 Å². The molecule has 0 spiro atoms. The number of hydrogen-bond donors (Lipinski definition) is 0. The van der Waals surface area contributed by atoms with Gasteiger partial charge >= 0.3 is 0 Å². The second-order valence-corrected chi connectivity index (χ2v) is 8.12. The summed E-state index contributed by atoms with van der Waals surface area (Å²) < 4.78 is 7.46. The molecule has 0 radical (unpaired) electrons. The minimum absolute atomic E-state index is 0.708. The number of ether oxygens (including phenoxy) is 1. The molecule has 4 heterocycles. The van der Waals surface area contributed by atoms with Crippen molar-refractivity contribution in [3.63, 3.8) is 0 Å². The first-order valence-electron chi connectivity index (χ1n) is 10.8. The Kier molecular flexibility index (Phi) is 5.16. The molecular weight excluding hydrogens is 378 g/mol. The molecule has 2 saturated heterocycles. The molecule has 0 unspecified atom stereocenters. The summed E-state index contributed by atoms with van der Waals surface area (Å²) in [7, 11) is 1.73. The number of benzene rings is 1. The summed E-state index contributed by atoms with van der Waals surface area (Å²) in [5, 5.41) is 4.82. The van der Waals surface area contributed by atoms with Crippen LogP contribution in [0.1, 0.15) is 24.4 Å². The molecular formula is C22H29N7O. The normalized spacial score (nSPS) is 17.8. The van der Waals surface area contributed by atoms with E-state index < -0.39 is 0 Å². The van der Waals surface area contributed by atoms with Crippen LogP contribution >= 0.6 is 0 Å². The van der Waals surface area contributed by atoms with Gasteiger partial charge in [-0.1, -0.05) is 12.1 Å². The van der Waals surface area contributed by atoms with Crippen molar-refractivity contribution in [1.29, 1.82) is 0 Å². The van der Waals surface area contributed by atoms with E-state index in [2.05, 4.69) is 37.9 Å². The predicted molar refractivity (Wildman–Crippen MR) is 117 cm³/mol. The Morgan fingerprint density at radius 3 is 2.47 bits per heavy atom. The van der Waals surface area contributed by atoms with Crippen molar-refractivity contribution >= 4 is 17.3 Å². The molecule has 8 heteroatoms. The van der Waals surface area contributed by atoms with Crippen LogP contribution in [0.5, 0.6) is 5.75 Å². The first-order valence-corrected chi connectivity index (χ1v) is 10.8. The fourth-order valence-electron chi connectivity index (χ4n) is 4.49. The monoisotopic (exact) mass is 407 g/mol. The van der Waals surface area contributed by atoms with Gasteiger partial charge in [0.05, 0.1) is 19.3 Å². The number of hydrogen-bond acceptors (Lipinski definition) is 7. The fourth-order valence-corrected chi connectivity index (χ4v) is 4.49. The standard InChI is InChI=1S/C22H29N7O/c1-17-15-21(28-9-5-6-10-28)29-22(23-17)24-20(25-29)16-26-11-13-27(14-12-26)18-7-3-4-8-19(18)30-2/h3-4,7-8,15H,5-6,9-14,16H2,1-2H3. The maximum Gasteiger partial charge on any atom is 0.254 e. The molecule has 2 fully saturated rings. The summed E-state index contributed by atoms with van der Waals surface area (Å²) in [6, 6.07) is 10.4.